The van der Waals surface area contributed by atoms with E-state index in [9.17, 15) is 0 Å². The van der Waals surface area contributed by atoms with E-state index in [4.69, 9.17) is 9.16 Å². The molecule has 3 unspecified atom stereocenters. The Morgan fingerprint density at radius 2 is 2.11 bits per heavy atom. The van der Waals surface area contributed by atoms with Crippen molar-refractivity contribution in [3.05, 3.63) is 48.7 Å². The van der Waals surface area contributed by atoms with Crippen molar-refractivity contribution in [1.29, 1.82) is 0 Å². The van der Waals surface area contributed by atoms with E-state index in [0.717, 1.165) is 35.7 Å². The predicted octanol–water partition coefficient (Wildman–Crippen LogP) is 5.03. The molecule has 1 aromatic heterocycles. The smallest absolute Gasteiger partial charge is 0.184 e. The third kappa shape index (κ3) is 3.75. The van der Waals surface area contributed by atoms with Crippen LogP contribution in [0.25, 0.3) is 10.9 Å². The minimum atomic E-state index is -1.75. The van der Waals surface area contributed by atoms with Gasteiger partial charge in [-0.2, -0.15) is 0 Å². The number of nitrogens with zero attached hydrogens (tertiary/aromatic N) is 2. The van der Waals surface area contributed by atoms with Crippen LogP contribution in [0, 0.1) is 11.8 Å². The molecule has 5 heteroatoms. The highest BCUT2D eigenvalue weighted by atomic mass is 28.4. The van der Waals surface area contributed by atoms with Gasteiger partial charge in [0.05, 0.1) is 18.7 Å². The summed E-state index contributed by atoms with van der Waals surface area (Å²) in [5.41, 5.74) is 2.25. The van der Waals surface area contributed by atoms with Gasteiger partial charge in [0, 0.05) is 24.2 Å². The summed E-state index contributed by atoms with van der Waals surface area (Å²) in [6, 6.07) is 8.71. The van der Waals surface area contributed by atoms with Crippen molar-refractivity contribution in [3.8, 4) is 5.75 Å². The summed E-state index contributed by atoms with van der Waals surface area (Å²) in [6.45, 7) is 13.2. The number of methoxy groups -OCH3 is 1. The van der Waals surface area contributed by atoms with E-state index in [-0.39, 0.29) is 6.10 Å². The molecule has 0 spiro atoms. The first-order valence-electron chi connectivity index (χ1n) is 10.4. The largest absolute Gasteiger partial charge is 0.497 e. The third-order valence-corrected chi connectivity index (χ3v) is 7.23. The SMILES string of the molecule is C=C[C@H]1CN2CCC1C[C@H]2C(O[Si](C)(C)C)c1ccnc2ccc(OC)cc12. The second kappa shape index (κ2) is 7.62. The maximum absolute atomic E-state index is 6.87. The van der Waals surface area contributed by atoms with Crippen LogP contribution in [-0.2, 0) is 4.43 Å². The van der Waals surface area contributed by atoms with E-state index in [2.05, 4.69) is 54.3 Å². The fourth-order valence-electron chi connectivity index (χ4n) is 4.94. The van der Waals surface area contributed by atoms with Gasteiger partial charge in [-0.15, -0.1) is 6.58 Å². The highest BCUT2D eigenvalue weighted by Crippen LogP contribution is 2.44. The molecule has 5 atom stereocenters. The van der Waals surface area contributed by atoms with Crippen LogP contribution in [0.3, 0.4) is 0 Å². The van der Waals surface area contributed by atoms with Crippen LogP contribution in [0.5, 0.6) is 5.75 Å². The molecule has 28 heavy (non-hydrogen) atoms. The fourth-order valence-corrected chi connectivity index (χ4v) is 5.99. The third-order valence-electron chi connectivity index (χ3n) is 6.27. The molecule has 0 radical (unpaired) electrons. The number of hydrogen-bond acceptors (Lipinski definition) is 4. The van der Waals surface area contributed by atoms with Crippen molar-refractivity contribution in [1.82, 2.24) is 9.88 Å². The first-order chi connectivity index (χ1) is 13.4. The van der Waals surface area contributed by atoms with Crippen molar-refractivity contribution < 1.29 is 9.16 Å². The van der Waals surface area contributed by atoms with E-state index >= 15 is 0 Å². The number of hydrogen-bond donors (Lipinski definition) is 0. The molecule has 0 saturated carbocycles. The molecule has 0 amide bonds. The van der Waals surface area contributed by atoms with Crippen molar-refractivity contribution in [2.24, 2.45) is 11.8 Å². The van der Waals surface area contributed by atoms with Crippen LogP contribution in [0.1, 0.15) is 24.5 Å². The lowest BCUT2D eigenvalue weighted by molar-refractivity contribution is -0.0382. The number of aromatic nitrogens is 1. The summed E-state index contributed by atoms with van der Waals surface area (Å²) in [5, 5.41) is 1.15. The van der Waals surface area contributed by atoms with Gasteiger partial charge in [0.15, 0.2) is 8.32 Å². The number of ether oxygens (including phenoxy) is 1. The normalized spacial score (nSPS) is 28.3. The van der Waals surface area contributed by atoms with Gasteiger partial charge in [-0.05, 0) is 80.7 Å². The average molecular weight is 397 g/mol. The molecule has 3 aliphatic heterocycles. The second-order valence-corrected chi connectivity index (χ2v) is 13.6. The zero-order chi connectivity index (χ0) is 19.9. The van der Waals surface area contributed by atoms with E-state index < -0.39 is 8.32 Å². The highest BCUT2D eigenvalue weighted by molar-refractivity contribution is 6.69. The molecule has 2 bridgehead atoms. The van der Waals surface area contributed by atoms with Gasteiger partial charge in [0.25, 0.3) is 0 Å². The molecule has 2 aromatic rings. The van der Waals surface area contributed by atoms with Crippen LogP contribution in [0.15, 0.2) is 43.1 Å². The van der Waals surface area contributed by atoms with Gasteiger partial charge >= 0.3 is 0 Å². The Hall–Kier alpha value is -1.69. The quantitative estimate of drug-likeness (QED) is 0.506. The number of benzene rings is 1. The summed E-state index contributed by atoms with van der Waals surface area (Å²) in [6.07, 6.45) is 6.61. The van der Waals surface area contributed by atoms with Crippen LogP contribution in [-0.4, -0.2) is 44.4 Å². The molecule has 150 valence electrons. The predicted molar refractivity (Wildman–Crippen MR) is 117 cm³/mol. The standard InChI is InChI=1S/C23H32N2O2Si/c1-6-16-15-25-12-10-17(16)13-22(25)23(27-28(3,4)5)19-9-11-24-21-8-7-18(26-2)14-20(19)21/h6-9,11,14,16-17,22-23H,1,10,12-13,15H2,2-5H3/t16-,17?,22-,23?/m0/s1. The molecular weight excluding hydrogens is 364 g/mol. The van der Waals surface area contributed by atoms with Crippen LogP contribution < -0.4 is 4.74 Å². The summed E-state index contributed by atoms with van der Waals surface area (Å²) in [5.74, 6) is 2.21. The lowest BCUT2D eigenvalue weighted by atomic mass is 9.73. The number of pyridine rings is 1. The summed E-state index contributed by atoms with van der Waals surface area (Å²) < 4.78 is 12.4. The zero-order valence-electron chi connectivity index (χ0n) is 17.5. The molecule has 4 heterocycles. The monoisotopic (exact) mass is 396 g/mol. The van der Waals surface area contributed by atoms with Gasteiger partial charge in [-0.1, -0.05) is 6.08 Å². The fraction of sp³-hybridized carbons (Fsp3) is 0.522. The highest BCUT2D eigenvalue weighted by Gasteiger charge is 2.44. The lowest BCUT2D eigenvalue weighted by Gasteiger charge is -2.52. The van der Waals surface area contributed by atoms with E-state index in [1.807, 2.05) is 18.3 Å². The number of fused-ring (bicyclic) bond motifs is 4. The van der Waals surface area contributed by atoms with Crippen LogP contribution in [0.2, 0.25) is 19.6 Å². The number of piperidine rings is 3. The lowest BCUT2D eigenvalue weighted by Crippen LogP contribution is -2.56. The minimum absolute atomic E-state index is 0.0674. The molecule has 0 N–H and O–H groups in total. The Labute approximate surface area is 169 Å². The Bertz CT molecular complexity index is 863. The topological polar surface area (TPSA) is 34.6 Å². The maximum atomic E-state index is 6.87. The Morgan fingerprint density at radius 3 is 2.75 bits per heavy atom. The molecular formula is C23H32N2O2Si. The Morgan fingerprint density at radius 1 is 1.29 bits per heavy atom. The summed E-state index contributed by atoms with van der Waals surface area (Å²) in [4.78, 5) is 7.23. The summed E-state index contributed by atoms with van der Waals surface area (Å²) >= 11 is 0. The van der Waals surface area contributed by atoms with Gasteiger partial charge in [0.2, 0.25) is 0 Å². The molecule has 5 rings (SSSR count). The second-order valence-electron chi connectivity index (χ2n) is 9.18. The Balaban J connectivity index is 1.78. The molecule has 3 fully saturated rings. The van der Waals surface area contributed by atoms with Gasteiger partial charge in [-0.3, -0.25) is 9.88 Å². The maximum Gasteiger partial charge on any atom is 0.184 e. The molecule has 0 aliphatic carbocycles. The first-order valence-corrected chi connectivity index (χ1v) is 13.8. The minimum Gasteiger partial charge on any atom is -0.497 e. The summed E-state index contributed by atoms with van der Waals surface area (Å²) in [7, 11) is -0.0309. The van der Waals surface area contributed by atoms with Crippen molar-refractivity contribution in [3.63, 3.8) is 0 Å². The average Bonchev–Trinajstić information content (AvgIpc) is 2.70. The van der Waals surface area contributed by atoms with Crippen molar-refractivity contribution >= 4 is 19.2 Å². The van der Waals surface area contributed by atoms with Gasteiger partial charge < -0.3 is 9.16 Å². The Kier molecular flexibility index (Phi) is 5.34. The molecule has 3 aliphatic rings. The number of rotatable bonds is 6. The molecule has 4 nitrogen and oxygen atoms in total. The molecule has 3 saturated heterocycles. The van der Waals surface area contributed by atoms with E-state index in [1.54, 1.807) is 7.11 Å². The first kappa shape index (κ1) is 19.6. The van der Waals surface area contributed by atoms with E-state index in [1.165, 1.54) is 18.4 Å². The van der Waals surface area contributed by atoms with Crippen molar-refractivity contribution in [2.45, 2.75) is 44.6 Å². The van der Waals surface area contributed by atoms with Crippen molar-refractivity contribution in [2.75, 3.05) is 20.2 Å². The van der Waals surface area contributed by atoms with E-state index in [0.29, 0.717) is 12.0 Å². The van der Waals surface area contributed by atoms with Gasteiger partial charge in [-0.25, -0.2) is 0 Å². The van der Waals surface area contributed by atoms with Crippen LogP contribution >= 0.6 is 0 Å². The van der Waals surface area contributed by atoms with Crippen LogP contribution in [0.4, 0.5) is 0 Å². The molecule has 1 aromatic carbocycles. The zero-order valence-corrected chi connectivity index (χ0v) is 18.5. The van der Waals surface area contributed by atoms with Gasteiger partial charge in [0.1, 0.15) is 5.75 Å².